The molecule has 1 aliphatic rings. The zero-order valence-corrected chi connectivity index (χ0v) is 14.0. The Morgan fingerprint density at radius 2 is 1.92 bits per heavy atom. The van der Waals surface area contributed by atoms with Gasteiger partial charge in [-0.15, -0.1) is 0 Å². The smallest absolute Gasteiger partial charge is 0.317 e. The third-order valence-corrected chi connectivity index (χ3v) is 4.56. The van der Waals surface area contributed by atoms with Crippen LogP contribution in [0, 0.1) is 0 Å². The molecule has 0 aliphatic carbocycles. The first-order chi connectivity index (χ1) is 11.6. The highest BCUT2D eigenvalue weighted by molar-refractivity contribution is 5.83. The molecule has 0 spiro atoms. The van der Waals surface area contributed by atoms with Crippen molar-refractivity contribution in [2.24, 2.45) is 0 Å². The fraction of sp³-hybridized carbons (Fsp3) is 0.421. The molecule has 5 heteroatoms. The maximum Gasteiger partial charge on any atom is 0.317 e. The third kappa shape index (κ3) is 4.04. The summed E-state index contributed by atoms with van der Waals surface area (Å²) in [7, 11) is 1.71. The minimum atomic E-state index is -0.840. The number of nitrogens with zero attached hydrogens (tertiary/aromatic N) is 1. The van der Waals surface area contributed by atoms with E-state index in [-0.39, 0.29) is 6.03 Å². The Kier molecular flexibility index (Phi) is 5.02. The van der Waals surface area contributed by atoms with Gasteiger partial charge >= 0.3 is 6.03 Å². The number of rotatable bonds is 4. The Balaban J connectivity index is 1.55. The Bertz CT molecular complexity index is 711. The number of urea groups is 1. The van der Waals surface area contributed by atoms with Gasteiger partial charge in [0.2, 0.25) is 0 Å². The van der Waals surface area contributed by atoms with Crippen molar-refractivity contribution in [2.75, 3.05) is 26.8 Å². The Hall–Kier alpha value is -2.11. The number of likely N-dealkylation sites (N-methyl/N-ethyl adjacent to an activating group) is 1. The molecule has 2 aromatic rings. The van der Waals surface area contributed by atoms with Gasteiger partial charge in [-0.25, -0.2) is 4.79 Å². The molecule has 1 fully saturated rings. The molecule has 0 aromatic heterocycles. The topological polar surface area (TPSA) is 61.8 Å². The summed E-state index contributed by atoms with van der Waals surface area (Å²) in [5.74, 6) is 0. The zero-order valence-electron chi connectivity index (χ0n) is 14.0. The van der Waals surface area contributed by atoms with Crippen molar-refractivity contribution in [3.8, 4) is 0 Å². The molecule has 24 heavy (non-hydrogen) atoms. The molecular formula is C19H24N2O3. The van der Waals surface area contributed by atoms with Gasteiger partial charge in [0.15, 0.2) is 0 Å². The van der Waals surface area contributed by atoms with Crippen LogP contribution in [0.4, 0.5) is 4.79 Å². The molecule has 0 atom stereocenters. The number of amides is 2. The van der Waals surface area contributed by atoms with Crippen molar-refractivity contribution >= 4 is 16.8 Å². The first-order valence-electron chi connectivity index (χ1n) is 8.33. The maximum absolute atomic E-state index is 12.3. The van der Waals surface area contributed by atoms with Crippen molar-refractivity contribution in [1.29, 1.82) is 0 Å². The predicted octanol–water partition coefficient (Wildman–Crippen LogP) is 2.52. The summed E-state index contributed by atoms with van der Waals surface area (Å²) in [4.78, 5) is 13.8. The molecule has 1 saturated heterocycles. The van der Waals surface area contributed by atoms with Crippen LogP contribution in [0.15, 0.2) is 42.5 Å². The standard InChI is InChI=1S/C19H24N2O3/c1-21(14-19(23)8-10-24-11-9-19)18(22)20-13-15-6-7-16-4-2-3-5-17(16)12-15/h2-7,12,23H,8-11,13-14H2,1H3,(H,20,22). The van der Waals surface area contributed by atoms with Crippen LogP contribution in [0.5, 0.6) is 0 Å². The lowest BCUT2D eigenvalue weighted by atomic mass is 9.94. The average molecular weight is 328 g/mol. The van der Waals surface area contributed by atoms with Gasteiger partial charge in [0.05, 0.1) is 12.1 Å². The lowest BCUT2D eigenvalue weighted by Gasteiger charge is -2.35. The first-order valence-corrected chi connectivity index (χ1v) is 8.33. The summed E-state index contributed by atoms with van der Waals surface area (Å²) in [6, 6.07) is 14.1. The van der Waals surface area contributed by atoms with Gasteiger partial charge in [0.25, 0.3) is 0 Å². The Labute approximate surface area is 142 Å². The highest BCUT2D eigenvalue weighted by Gasteiger charge is 2.32. The summed E-state index contributed by atoms with van der Waals surface area (Å²) in [6.07, 6.45) is 1.13. The molecule has 3 rings (SSSR count). The molecule has 2 N–H and O–H groups in total. The largest absolute Gasteiger partial charge is 0.388 e. The van der Waals surface area contributed by atoms with Gasteiger partial charge in [-0.05, 0) is 22.4 Å². The lowest BCUT2D eigenvalue weighted by molar-refractivity contribution is -0.0722. The SMILES string of the molecule is CN(CC1(O)CCOCC1)C(=O)NCc1ccc2ccccc2c1. The number of aliphatic hydroxyl groups is 1. The number of hydrogen-bond donors (Lipinski definition) is 2. The third-order valence-electron chi connectivity index (χ3n) is 4.56. The van der Waals surface area contributed by atoms with Crippen LogP contribution < -0.4 is 5.32 Å². The summed E-state index contributed by atoms with van der Waals surface area (Å²) in [5.41, 5.74) is 0.216. The molecule has 0 bridgehead atoms. The number of hydrogen-bond acceptors (Lipinski definition) is 3. The van der Waals surface area contributed by atoms with E-state index in [0.717, 1.165) is 10.9 Å². The van der Waals surface area contributed by atoms with E-state index in [2.05, 4.69) is 29.6 Å². The van der Waals surface area contributed by atoms with Gasteiger partial charge in [0, 0.05) is 39.6 Å². The summed E-state index contributed by atoms with van der Waals surface area (Å²) < 4.78 is 5.27. The number of carbonyl (C=O) groups excluding carboxylic acids is 1. The number of carbonyl (C=O) groups is 1. The number of nitrogens with one attached hydrogen (secondary N) is 1. The van der Waals surface area contributed by atoms with E-state index in [4.69, 9.17) is 4.74 Å². The second kappa shape index (κ2) is 7.20. The van der Waals surface area contributed by atoms with Crippen molar-refractivity contribution in [3.63, 3.8) is 0 Å². The fourth-order valence-electron chi connectivity index (χ4n) is 3.08. The van der Waals surface area contributed by atoms with Gasteiger partial charge in [-0.1, -0.05) is 36.4 Å². The van der Waals surface area contributed by atoms with Crippen LogP contribution in [0.2, 0.25) is 0 Å². The van der Waals surface area contributed by atoms with E-state index in [1.165, 1.54) is 5.39 Å². The van der Waals surface area contributed by atoms with Crippen molar-refractivity contribution < 1.29 is 14.6 Å². The van der Waals surface area contributed by atoms with Gasteiger partial charge in [0.1, 0.15) is 0 Å². The molecule has 128 valence electrons. The monoisotopic (exact) mass is 328 g/mol. The molecular weight excluding hydrogens is 304 g/mol. The van der Waals surface area contributed by atoms with Crippen LogP contribution in [0.1, 0.15) is 18.4 Å². The fourth-order valence-corrected chi connectivity index (χ4v) is 3.08. The average Bonchev–Trinajstić information content (AvgIpc) is 2.59. The summed E-state index contributed by atoms with van der Waals surface area (Å²) in [5, 5.41) is 15.8. The Morgan fingerprint density at radius 3 is 2.67 bits per heavy atom. The van der Waals surface area contributed by atoms with E-state index in [9.17, 15) is 9.90 Å². The first kappa shape index (κ1) is 16.7. The minimum Gasteiger partial charge on any atom is -0.388 e. The molecule has 1 aliphatic heterocycles. The highest BCUT2D eigenvalue weighted by atomic mass is 16.5. The van der Waals surface area contributed by atoms with E-state index in [1.54, 1.807) is 11.9 Å². The van der Waals surface area contributed by atoms with Crippen molar-refractivity contribution in [1.82, 2.24) is 10.2 Å². The van der Waals surface area contributed by atoms with E-state index in [1.807, 2.05) is 18.2 Å². The van der Waals surface area contributed by atoms with Crippen molar-refractivity contribution in [2.45, 2.75) is 25.0 Å². The molecule has 1 heterocycles. The highest BCUT2D eigenvalue weighted by Crippen LogP contribution is 2.21. The number of fused-ring (bicyclic) bond motifs is 1. The van der Waals surface area contributed by atoms with E-state index in [0.29, 0.717) is 39.1 Å². The molecule has 2 aromatic carbocycles. The van der Waals surface area contributed by atoms with Gasteiger partial charge in [-0.2, -0.15) is 0 Å². The molecule has 2 amide bonds. The molecule has 0 saturated carbocycles. The summed E-state index contributed by atoms with van der Waals surface area (Å²) in [6.45, 7) is 1.88. The quantitative estimate of drug-likeness (QED) is 0.906. The second-order valence-electron chi connectivity index (χ2n) is 6.53. The van der Waals surface area contributed by atoms with Crippen LogP contribution in [-0.2, 0) is 11.3 Å². The van der Waals surface area contributed by atoms with Crippen LogP contribution in [-0.4, -0.2) is 48.4 Å². The van der Waals surface area contributed by atoms with Gasteiger partial charge in [-0.3, -0.25) is 0 Å². The summed E-state index contributed by atoms with van der Waals surface area (Å²) >= 11 is 0. The lowest BCUT2D eigenvalue weighted by Crippen LogP contribution is -2.49. The van der Waals surface area contributed by atoms with Crippen molar-refractivity contribution in [3.05, 3.63) is 48.0 Å². The number of benzene rings is 2. The Morgan fingerprint density at radius 1 is 1.21 bits per heavy atom. The molecule has 0 radical (unpaired) electrons. The molecule has 5 nitrogen and oxygen atoms in total. The predicted molar refractivity (Wildman–Crippen MR) is 93.8 cm³/mol. The second-order valence-corrected chi connectivity index (χ2v) is 6.53. The van der Waals surface area contributed by atoms with Crippen LogP contribution in [0.3, 0.4) is 0 Å². The normalized spacial score (nSPS) is 16.8. The van der Waals surface area contributed by atoms with E-state index < -0.39 is 5.60 Å². The zero-order chi connectivity index (χ0) is 17.0. The number of ether oxygens (including phenoxy) is 1. The van der Waals surface area contributed by atoms with Crippen LogP contribution >= 0.6 is 0 Å². The molecule has 0 unspecified atom stereocenters. The van der Waals surface area contributed by atoms with Crippen LogP contribution in [0.25, 0.3) is 10.8 Å². The van der Waals surface area contributed by atoms with E-state index >= 15 is 0 Å². The minimum absolute atomic E-state index is 0.178. The maximum atomic E-state index is 12.3. The van der Waals surface area contributed by atoms with Gasteiger partial charge < -0.3 is 20.1 Å².